The number of sulfonamides is 1. The van der Waals surface area contributed by atoms with Crippen LogP contribution in [0.25, 0.3) is 0 Å². The van der Waals surface area contributed by atoms with E-state index in [1.54, 1.807) is 54.6 Å². The van der Waals surface area contributed by atoms with Crippen LogP contribution in [-0.4, -0.2) is 50.4 Å². The summed E-state index contributed by atoms with van der Waals surface area (Å²) in [6, 6.07) is 26.2. The van der Waals surface area contributed by atoms with Crippen molar-refractivity contribution in [2.24, 2.45) is 0 Å². The number of ether oxygens (including phenoxy) is 1. The monoisotopic (exact) mass is 695 g/mol. The Morgan fingerprint density at radius 2 is 1.49 bits per heavy atom. The highest BCUT2D eigenvalue weighted by molar-refractivity contribution is 7.92. The van der Waals surface area contributed by atoms with Crippen LogP contribution in [0.4, 0.5) is 5.69 Å². The van der Waals surface area contributed by atoms with Crippen molar-refractivity contribution in [1.82, 2.24) is 10.2 Å². The predicted octanol–water partition coefficient (Wildman–Crippen LogP) is 7.06. The van der Waals surface area contributed by atoms with Crippen LogP contribution in [0, 0.1) is 6.92 Å². The normalized spacial score (nSPS) is 12.2. The maximum atomic E-state index is 14.6. The summed E-state index contributed by atoms with van der Waals surface area (Å²) in [7, 11) is -2.76. The van der Waals surface area contributed by atoms with E-state index in [9.17, 15) is 18.0 Å². The molecular formula is C36H39Cl2N3O5S. The molecule has 0 heterocycles. The molecule has 248 valence electrons. The molecule has 11 heteroatoms. The fraction of sp³-hybridized carbons (Fsp3) is 0.278. The smallest absolute Gasteiger partial charge is 0.264 e. The Morgan fingerprint density at radius 3 is 2.06 bits per heavy atom. The molecule has 0 aliphatic heterocycles. The molecule has 0 radical (unpaired) electrons. The Labute approximate surface area is 287 Å². The molecule has 0 saturated carbocycles. The molecule has 4 aromatic rings. The minimum Gasteiger partial charge on any atom is -0.497 e. The molecule has 0 fully saturated rings. The lowest BCUT2D eigenvalue weighted by Crippen LogP contribution is -2.56. The Kier molecular flexibility index (Phi) is 11.6. The molecule has 0 saturated heterocycles. The molecule has 2 amide bonds. The Hall–Kier alpha value is -4.05. The van der Waals surface area contributed by atoms with E-state index in [0.29, 0.717) is 27.0 Å². The number of carbonyl (C=O) groups excluding carboxylic acids is 2. The van der Waals surface area contributed by atoms with Crippen LogP contribution in [0.3, 0.4) is 0 Å². The average molecular weight is 697 g/mol. The van der Waals surface area contributed by atoms with Gasteiger partial charge in [0.25, 0.3) is 10.0 Å². The van der Waals surface area contributed by atoms with E-state index in [1.807, 2.05) is 58.0 Å². The summed E-state index contributed by atoms with van der Waals surface area (Å²) in [5.74, 6) is -0.475. The third-order valence-corrected chi connectivity index (χ3v) is 9.88. The molecule has 1 N–H and O–H groups in total. The van der Waals surface area contributed by atoms with Gasteiger partial charge in [-0.25, -0.2) is 8.42 Å². The molecule has 0 unspecified atom stereocenters. The molecule has 1 atom stereocenters. The van der Waals surface area contributed by atoms with Crippen molar-refractivity contribution in [2.75, 3.05) is 18.0 Å². The third kappa shape index (κ3) is 9.50. The Balaban J connectivity index is 1.83. The molecule has 4 rings (SSSR count). The number of methoxy groups -OCH3 is 1. The van der Waals surface area contributed by atoms with E-state index in [2.05, 4.69) is 5.32 Å². The molecule has 0 aliphatic rings. The van der Waals surface area contributed by atoms with Gasteiger partial charge in [0.1, 0.15) is 18.3 Å². The number of benzene rings is 4. The lowest BCUT2D eigenvalue weighted by Gasteiger charge is -2.35. The molecule has 0 aromatic heterocycles. The summed E-state index contributed by atoms with van der Waals surface area (Å²) < 4.78 is 34.7. The highest BCUT2D eigenvalue weighted by Crippen LogP contribution is 2.28. The molecule has 8 nitrogen and oxygen atoms in total. The van der Waals surface area contributed by atoms with E-state index >= 15 is 0 Å². The summed E-state index contributed by atoms with van der Waals surface area (Å²) in [4.78, 5) is 30.0. The van der Waals surface area contributed by atoms with E-state index in [0.717, 1.165) is 15.4 Å². The maximum absolute atomic E-state index is 14.6. The first kappa shape index (κ1) is 35.8. The van der Waals surface area contributed by atoms with Crippen LogP contribution >= 0.6 is 23.2 Å². The van der Waals surface area contributed by atoms with Gasteiger partial charge in [0.05, 0.1) is 27.7 Å². The van der Waals surface area contributed by atoms with Crippen LogP contribution in [0.15, 0.2) is 102 Å². The zero-order valence-corrected chi connectivity index (χ0v) is 29.4. The average Bonchev–Trinajstić information content (AvgIpc) is 3.03. The van der Waals surface area contributed by atoms with E-state index < -0.39 is 34.1 Å². The van der Waals surface area contributed by atoms with Crippen molar-refractivity contribution in [3.05, 3.63) is 124 Å². The van der Waals surface area contributed by atoms with Crippen LogP contribution in [0.1, 0.15) is 37.5 Å². The standard InChI is InChI=1S/C36H39Cl2N3O5S/c1-25-11-14-28(15-12-25)41(47(44,45)30-18-16-29(46-5)17-19-30)24-34(42)40(23-27-13-20-31(37)32(38)21-27)33(35(43)39-36(2,3)4)22-26-9-7-6-8-10-26/h6-21,33H,22-24H2,1-5H3,(H,39,43)/t33-/m0/s1. The van der Waals surface area contributed by atoms with Gasteiger partial charge in [-0.2, -0.15) is 0 Å². The van der Waals surface area contributed by atoms with Crippen molar-refractivity contribution in [1.29, 1.82) is 0 Å². The quantitative estimate of drug-likeness (QED) is 0.171. The van der Waals surface area contributed by atoms with Crippen molar-refractivity contribution in [3.8, 4) is 5.75 Å². The predicted molar refractivity (Wildman–Crippen MR) is 188 cm³/mol. The van der Waals surface area contributed by atoms with Crippen molar-refractivity contribution in [3.63, 3.8) is 0 Å². The van der Waals surface area contributed by atoms with E-state index in [1.165, 1.54) is 24.1 Å². The van der Waals surface area contributed by atoms with Crippen molar-refractivity contribution in [2.45, 2.75) is 57.1 Å². The number of nitrogens with one attached hydrogen (secondary N) is 1. The second-order valence-corrected chi connectivity index (χ2v) is 14.9. The first-order valence-electron chi connectivity index (χ1n) is 15.0. The number of rotatable bonds is 12. The second-order valence-electron chi connectivity index (χ2n) is 12.2. The van der Waals surface area contributed by atoms with Crippen LogP contribution in [0.2, 0.25) is 10.0 Å². The summed E-state index contributed by atoms with van der Waals surface area (Å²) in [6.45, 7) is 6.85. The van der Waals surface area contributed by atoms with E-state index in [4.69, 9.17) is 27.9 Å². The molecule has 0 aliphatic carbocycles. The maximum Gasteiger partial charge on any atom is 0.264 e. The summed E-state index contributed by atoms with van der Waals surface area (Å²) in [5, 5.41) is 3.65. The number of hydrogen-bond acceptors (Lipinski definition) is 5. The van der Waals surface area contributed by atoms with E-state index in [-0.39, 0.29) is 23.8 Å². The van der Waals surface area contributed by atoms with Gasteiger partial charge in [0, 0.05) is 18.5 Å². The number of aryl methyl sites for hydroxylation is 1. The number of halogens is 2. The molecular weight excluding hydrogens is 657 g/mol. The highest BCUT2D eigenvalue weighted by Gasteiger charge is 2.35. The van der Waals surface area contributed by atoms with Gasteiger partial charge in [-0.1, -0.05) is 77.3 Å². The second kappa shape index (κ2) is 15.2. The Bertz CT molecular complexity index is 1790. The third-order valence-electron chi connectivity index (χ3n) is 7.35. The number of amides is 2. The van der Waals surface area contributed by atoms with Crippen molar-refractivity contribution >= 4 is 50.7 Å². The van der Waals surface area contributed by atoms with Gasteiger partial charge >= 0.3 is 0 Å². The van der Waals surface area contributed by atoms with Gasteiger partial charge in [0.15, 0.2) is 0 Å². The first-order valence-corrected chi connectivity index (χ1v) is 17.2. The fourth-order valence-electron chi connectivity index (χ4n) is 4.96. The fourth-order valence-corrected chi connectivity index (χ4v) is 6.69. The SMILES string of the molecule is COc1ccc(S(=O)(=O)N(CC(=O)N(Cc2ccc(Cl)c(Cl)c2)[C@@H](Cc2ccccc2)C(=O)NC(C)(C)C)c2ccc(C)cc2)cc1. The van der Waals surface area contributed by atoms with Gasteiger partial charge in [-0.15, -0.1) is 0 Å². The van der Waals surface area contributed by atoms with Gasteiger partial charge in [0.2, 0.25) is 11.8 Å². The van der Waals surface area contributed by atoms with Gasteiger partial charge in [-0.05, 0) is 87.4 Å². The topological polar surface area (TPSA) is 96.0 Å². The van der Waals surface area contributed by atoms with Gasteiger partial charge in [-0.3, -0.25) is 13.9 Å². The minimum absolute atomic E-state index is 0.0194. The highest BCUT2D eigenvalue weighted by atomic mass is 35.5. The number of anilines is 1. The number of nitrogens with zero attached hydrogens (tertiary/aromatic N) is 2. The summed E-state index contributed by atoms with van der Waals surface area (Å²) in [6.07, 6.45) is 0.186. The summed E-state index contributed by atoms with van der Waals surface area (Å²) in [5.41, 5.74) is 2.07. The largest absolute Gasteiger partial charge is 0.497 e. The first-order chi connectivity index (χ1) is 22.2. The zero-order valence-electron chi connectivity index (χ0n) is 27.0. The lowest BCUT2D eigenvalue weighted by molar-refractivity contribution is -0.140. The molecule has 47 heavy (non-hydrogen) atoms. The lowest BCUT2D eigenvalue weighted by atomic mass is 10.0. The van der Waals surface area contributed by atoms with Crippen molar-refractivity contribution < 1.29 is 22.7 Å². The number of carbonyl (C=O) groups is 2. The molecule has 4 aromatic carbocycles. The van der Waals surface area contributed by atoms with Gasteiger partial charge < -0.3 is 15.0 Å². The minimum atomic E-state index is -4.25. The zero-order chi connectivity index (χ0) is 34.4. The number of hydrogen-bond donors (Lipinski definition) is 1. The molecule has 0 spiro atoms. The summed E-state index contributed by atoms with van der Waals surface area (Å²) >= 11 is 12.5. The van der Waals surface area contributed by atoms with Crippen LogP contribution < -0.4 is 14.4 Å². The van der Waals surface area contributed by atoms with Crippen LogP contribution in [-0.2, 0) is 32.6 Å². The molecule has 0 bridgehead atoms. The Morgan fingerprint density at radius 1 is 0.851 bits per heavy atom. The van der Waals surface area contributed by atoms with Crippen LogP contribution in [0.5, 0.6) is 5.75 Å².